The summed E-state index contributed by atoms with van der Waals surface area (Å²) < 4.78 is 9.46. The maximum Gasteiger partial charge on any atom is 0.410 e. The predicted molar refractivity (Wildman–Crippen MR) is 112 cm³/mol. The Labute approximate surface area is 174 Å². The fourth-order valence-corrected chi connectivity index (χ4v) is 3.97. The summed E-state index contributed by atoms with van der Waals surface area (Å²) in [5.41, 5.74) is 2.36. The molecule has 3 aromatic heterocycles. The van der Waals surface area contributed by atoms with Gasteiger partial charge in [-0.1, -0.05) is 0 Å². The summed E-state index contributed by atoms with van der Waals surface area (Å²) >= 11 is 1.66. The first kappa shape index (κ1) is 19.6. The van der Waals surface area contributed by atoms with Crippen molar-refractivity contribution in [3.05, 3.63) is 29.4 Å². The summed E-state index contributed by atoms with van der Waals surface area (Å²) in [4.78, 5) is 21.3. The predicted octanol–water partition coefficient (Wildman–Crippen LogP) is 2.82. The zero-order valence-electron chi connectivity index (χ0n) is 17.3. The Bertz CT molecular complexity index is 1000. The molecule has 0 aliphatic carbocycles. The monoisotopic (exact) mass is 415 g/mol. The van der Waals surface area contributed by atoms with Crippen LogP contribution in [0.4, 0.5) is 10.6 Å². The summed E-state index contributed by atoms with van der Waals surface area (Å²) in [5, 5.41) is 8.86. The largest absolute Gasteiger partial charge is 0.444 e. The van der Waals surface area contributed by atoms with Gasteiger partial charge in [-0.15, -0.1) is 4.68 Å². The molecule has 4 heterocycles. The van der Waals surface area contributed by atoms with E-state index in [0.717, 1.165) is 29.3 Å². The Morgan fingerprint density at radius 3 is 2.66 bits per heavy atom. The fourth-order valence-electron chi connectivity index (χ4n) is 3.32. The number of carbonyl (C=O) groups excluding carboxylic acids is 1. The third kappa shape index (κ3) is 4.19. The van der Waals surface area contributed by atoms with Gasteiger partial charge in [0.05, 0.1) is 6.20 Å². The number of piperazine rings is 1. The number of ether oxygens (including phenoxy) is 1. The van der Waals surface area contributed by atoms with Gasteiger partial charge in [-0.2, -0.15) is 15.7 Å². The van der Waals surface area contributed by atoms with E-state index in [-0.39, 0.29) is 6.09 Å². The molecule has 0 atom stereocenters. The van der Waals surface area contributed by atoms with Gasteiger partial charge in [0.2, 0.25) is 12.1 Å². The Balaban J connectivity index is 1.60. The molecule has 1 amide bonds. The summed E-state index contributed by atoms with van der Waals surface area (Å²) in [7, 11) is 0. The van der Waals surface area contributed by atoms with E-state index in [1.165, 1.54) is 0 Å². The lowest BCUT2D eigenvalue weighted by atomic mass is 10.2. The Morgan fingerprint density at radius 1 is 1.28 bits per heavy atom. The molecule has 1 saturated heterocycles. The SMILES string of the molecule is CCn1c[n+]2cc(-c3ccsc3)nc(N3CCN(C(=O)OC(C)(C)C)CC3)c2n1. The van der Waals surface area contributed by atoms with E-state index < -0.39 is 5.60 Å². The van der Waals surface area contributed by atoms with Crippen molar-refractivity contribution < 1.29 is 13.9 Å². The second-order valence-electron chi connectivity index (χ2n) is 8.12. The van der Waals surface area contributed by atoms with Crippen molar-refractivity contribution in [2.75, 3.05) is 31.1 Å². The third-order valence-corrected chi connectivity index (χ3v) is 5.47. The number of fused-ring (bicyclic) bond motifs is 1. The topological polar surface area (TPSA) is 67.6 Å². The van der Waals surface area contributed by atoms with Crippen molar-refractivity contribution in [3.8, 4) is 11.3 Å². The van der Waals surface area contributed by atoms with Gasteiger partial charge in [0, 0.05) is 42.2 Å². The van der Waals surface area contributed by atoms with Crippen LogP contribution in [0.1, 0.15) is 27.7 Å². The van der Waals surface area contributed by atoms with Crippen molar-refractivity contribution in [1.29, 1.82) is 0 Å². The van der Waals surface area contributed by atoms with Gasteiger partial charge in [0.1, 0.15) is 17.8 Å². The van der Waals surface area contributed by atoms with Crippen molar-refractivity contribution in [2.45, 2.75) is 39.8 Å². The van der Waals surface area contributed by atoms with Crippen LogP contribution in [0.5, 0.6) is 0 Å². The molecule has 1 aliphatic heterocycles. The van der Waals surface area contributed by atoms with E-state index in [9.17, 15) is 4.79 Å². The molecule has 0 aromatic carbocycles. The number of aromatic nitrogens is 4. The lowest BCUT2D eigenvalue weighted by Gasteiger charge is -2.35. The molecule has 0 spiro atoms. The number of rotatable bonds is 3. The number of thiophene rings is 1. The van der Waals surface area contributed by atoms with Gasteiger partial charge in [-0.25, -0.2) is 9.78 Å². The molecule has 4 rings (SSSR count). The zero-order chi connectivity index (χ0) is 20.6. The number of aryl methyl sites for hydroxylation is 1. The van der Waals surface area contributed by atoms with Gasteiger partial charge >= 0.3 is 11.7 Å². The Kier molecular flexibility index (Phi) is 5.16. The van der Waals surface area contributed by atoms with E-state index in [4.69, 9.17) is 14.8 Å². The van der Waals surface area contributed by atoms with Gasteiger partial charge < -0.3 is 14.5 Å². The molecule has 29 heavy (non-hydrogen) atoms. The summed E-state index contributed by atoms with van der Waals surface area (Å²) in [5.74, 6) is 0.852. The number of amides is 1. The maximum atomic E-state index is 12.4. The number of hydrogen-bond acceptors (Lipinski definition) is 6. The average molecular weight is 416 g/mol. The first-order chi connectivity index (χ1) is 13.8. The highest BCUT2D eigenvalue weighted by atomic mass is 32.1. The van der Waals surface area contributed by atoms with Crippen LogP contribution in [0.3, 0.4) is 0 Å². The molecule has 1 fully saturated rings. The van der Waals surface area contributed by atoms with Gasteiger partial charge in [-0.05, 0) is 39.1 Å². The normalized spacial score (nSPS) is 15.2. The first-order valence-corrected chi connectivity index (χ1v) is 10.8. The molecule has 8 nitrogen and oxygen atoms in total. The minimum atomic E-state index is -0.486. The summed E-state index contributed by atoms with van der Waals surface area (Å²) in [6.07, 6.45) is 3.76. The van der Waals surface area contributed by atoms with Gasteiger partial charge in [-0.3, -0.25) is 0 Å². The summed E-state index contributed by atoms with van der Waals surface area (Å²) in [6.45, 7) is 11.1. The molecule has 0 N–H and O–H groups in total. The molecule has 0 bridgehead atoms. The van der Waals surface area contributed by atoms with Crippen molar-refractivity contribution in [3.63, 3.8) is 0 Å². The first-order valence-electron chi connectivity index (χ1n) is 9.89. The molecular weight excluding hydrogens is 388 g/mol. The molecule has 1 aliphatic rings. The molecule has 9 heteroatoms. The van der Waals surface area contributed by atoms with Crippen molar-refractivity contribution in [1.82, 2.24) is 19.7 Å². The van der Waals surface area contributed by atoms with Crippen LogP contribution in [-0.2, 0) is 11.3 Å². The Morgan fingerprint density at radius 2 is 2.03 bits per heavy atom. The average Bonchev–Trinajstić information content (AvgIpc) is 3.35. The van der Waals surface area contributed by atoms with Crippen LogP contribution in [0.25, 0.3) is 16.9 Å². The minimum Gasteiger partial charge on any atom is -0.444 e. The van der Waals surface area contributed by atoms with Gasteiger partial charge in [0.15, 0.2) is 0 Å². The van der Waals surface area contributed by atoms with Crippen LogP contribution >= 0.6 is 11.3 Å². The molecule has 0 radical (unpaired) electrons. The maximum absolute atomic E-state index is 12.4. The third-order valence-electron chi connectivity index (χ3n) is 4.78. The second-order valence-corrected chi connectivity index (χ2v) is 8.90. The standard InChI is InChI=1S/C20H27N6O2S/c1-5-26-14-25-12-16(15-6-11-29-13-15)21-17(18(25)22-26)23-7-9-24(10-8-23)19(27)28-20(2,3)4/h6,11-14H,5,7-10H2,1-4H3/q+1. The van der Waals surface area contributed by atoms with Crippen LogP contribution < -0.4 is 9.30 Å². The summed E-state index contributed by atoms with van der Waals surface area (Å²) in [6, 6.07) is 2.08. The Hall–Kier alpha value is -2.68. The highest BCUT2D eigenvalue weighted by molar-refractivity contribution is 7.08. The highest BCUT2D eigenvalue weighted by Gasteiger charge is 2.29. The lowest BCUT2D eigenvalue weighted by molar-refractivity contribution is -0.512. The van der Waals surface area contributed by atoms with Crippen LogP contribution in [-0.4, -0.2) is 57.5 Å². The smallest absolute Gasteiger partial charge is 0.410 e. The highest BCUT2D eigenvalue weighted by Crippen LogP contribution is 2.24. The number of nitrogens with zero attached hydrogens (tertiary/aromatic N) is 6. The lowest BCUT2D eigenvalue weighted by Crippen LogP contribution is -2.50. The molecule has 0 saturated carbocycles. The molecule has 0 unspecified atom stereocenters. The van der Waals surface area contributed by atoms with E-state index in [1.807, 2.05) is 42.4 Å². The number of anilines is 1. The van der Waals surface area contributed by atoms with Crippen LogP contribution in [0.2, 0.25) is 0 Å². The molecule has 154 valence electrons. The van der Waals surface area contributed by atoms with Crippen molar-refractivity contribution >= 4 is 28.9 Å². The van der Waals surface area contributed by atoms with E-state index in [2.05, 4.69) is 28.7 Å². The second kappa shape index (κ2) is 7.62. The van der Waals surface area contributed by atoms with E-state index in [0.29, 0.717) is 26.2 Å². The quantitative estimate of drug-likeness (QED) is 0.616. The van der Waals surface area contributed by atoms with Crippen LogP contribution in [0, 0.1) is 0 Å². The number of hydrogen-bond donors (Lipinski definition) is 0. The fraction of sp³-hybridized carbons (Fsp3) is 0.500. The minimum absolute atomic E-state index is 0.257. The van der Waals surface area contributed by atoms with Crippen LogP contribution in [0.15, 0.2) is 29.4 Å². The zero-order valence-corrected chi connectivity index (χ0v) is 18.1. The van der Waals surface area contributed by atoms with Gasteiger partial charge in [0.25, 0.3) is 0 Å². The molecular formula is C20H27N6O2S+. The number of carbonyl (C=O) groups is 1. The van der Waals surface area contributed by atoms with E-state index >= 15 is 0 Å². The van der Waals surface area contributed by atoms with Crippen molar-refractivity contribution in [2.24, 2.45) is 0 Å². The molecule has 3 aromatic rings. The van der Waals surface area contributed by atoms with E-state index in [1.54, 1.807) is 16.2 Å².